The highest BCUT2D eigenvalue weighted by Gasteiger charge is 2.19. The number of carbonyl (C=O) groups is 1. The van der Waals surface area contributed by atoms with Crippen molar-refractivity contribution >= 4 is 27.7 Å². The van der Waals surface area contributed by atoms with Crippen molar-refractivity contribution in [3.8, 4) is 0 Å². The predicted molar refractivity (Wildman–Crippen MR) is 70.6 cm³/mol. The molecule has 7 heteroatoms. The average Bonchev–Trinajstić information content (AvgIpc) is 2.34. The highest BCUT2D eigenvalue weighted by atomic mass is 35.5. The van der Waals surface area contributed by atoms with Crippen LogP contribution in [0.5, 0.6) is 0 Å². The van der Waals surface area contributed by atoms with Crippen molar-refractivity contribution < 1.29 is 22.1 Å². The van der Waals surface area contributed by atoms with Gasteiger partial charge in [-0.1, -0.05) is 17.7 Å². The van der Waals surface area contributed by atoms with Gasteiger partial charge in [0.05, 0.1) is 10.8 Å². The van der Waals surface area contributed by atoms with Gasteiger partial charge in [-0.05, 0) is 19.1 Å². The summed E-state index contributed by atoms with van der Waals surface area (Å²) in [4.78, 5) is 10.8. The van der Waals surface area contributed by atoms with Gasteiger partial charge < -0.3 is 4.74 Å². The minimum Gasteiger partial charge on any atom is -0.459 e. The number of ether oxygens (including phenoxy) is 1. The van der Waals surface area contributed by atoms with Crippen molar-refractivity contribution in [2.45, 2.75) is 24.8 Å². The third kappa shape index (κ3) is 5.18. The molecule has 0 fully saturated rings. The minimum absolute atomic E-state index is 0.0387. The van der Waals surface area contributed by atoms with E-state index >= 15 is 0 Å². The fourth-order valence-electron chi connectivity index (χ4n) is 1.28. The van der Waals surface area contributed by atoms with Gasteiger partial charge in [0.25, 0.3) is 10.1 Å². The molecule has 0 heterocycles. The van der Waals surface area contributed by atoms with Crippen LogP contribution in [0.25, 0.3) is 0 Å². The van der Waals surface area contributed by atoms with E-state index in [0.717, 1.165) is 5.56 Å². The van der Waals surface area contributed by atoms with Gasteiger partial charge in [-0.15, -0.1) is 11.6 Å². The van der Waals surface area contributed by atoms with Gasteiger partial charge in [0.15, 0.2) is 0 Å². The molecule has 19 heavy (non-hydrogen) atoms. The molecule has 1 aromatic rings. The molecule has 0 saturated heterocycles. The zero-order chi connectivity index (χ0) is 14.5. The average molecular weight is 307 g/mol. The fourth-order valence-corrected chi connectivity index (χ4v) is 2.37. The maximum Gasteiger partial charge on any atom is 0.303 e. The van der Waals surface area contributed by atoms with Gasteiger partial charge in [0, 0.05) is 6.92 Å². The zero-order valence-corrected chi connectivity index (χ0v) is 12.2. The van der Waals surface area contributed by atoms with E-state index < -0.39 is 22.2 Å². The topological polar surface area (TPSA) is 69.7 Å². The summed E-state index contributed by atoms with van der Waals surface area (Å²) in [5, 5.41) is 0. The maximum atomic E-state index is 11.8. The Bertz CT molecular complexity index is 524. The van der Waals surface area contributed by atoms with E-state index in [4.69, 9.17) is 20.5 Å². The molecular weight excluding hydrogens is 292 g/mol. The monoisotopic (exact) mass is 306 g/mol. The van der Waals surface area contributed by atoms with Gasteiger partial charge in [0.1, 0.15) is 12.7 Å². The van der Waals surface area contributed by atoms with Gasteiger partial charge >= 0.3 is 5.97 Å². The van der Waals surface area contributed by atoms with Crippen molar-refractivity contribution in [3.05, 3.63) is 29.8 Å². The van der Waals surface area contributed by atoms with Crippen molar-refractivity contribution in [2.75, 3.05) is 12.5 Å². The molecule has 1 atom stereocenters. The number of halogens is 1. The summed E-state index contributed by atoms with van der Waals surface area (Å²) in [6.07, 6.45) is -0.792. The van der Waals surface area contributed by atoms with Crippen LogP contribution in [0, 0.1) is 6.92 Å². The summed E-state index contributed by atoms with van der Waals surface area (Å²) >= 11 is 5.56. The number of rotatable bonds is 6. The quantitative estimate of drug-likeness (QED) is 0.456. The molecule has 0 spiro atoms. The van der Waals surface area contributed by atoms with Gasteiger partial charge in [-0.25, -0.2) is 0 Å². The molecule has 1 rings (SSSR count). The van der Waals surface area contributed by atoms with E-state index in [2.05, 4.69) is 0 Å². The highest BCUT2D eigenvalue weighted by molar-refractivity contribution is 7.86. The van der Waals surface area contributed by atoms with Crippen LogP contribution in [0.2, 0.25) is 0 Å². The lowest BCUT2D eigenvalue weighted by Gasteiger charge is -2.14. The van der Waals surface area contributed by atoms with E-state index in [9.17, 15) is 13.2 Å². The predicted octanol–water partition coefficient (Wildman–Crippen LogP) is 1.87. The molecule has 0 radical (unpaired) electrons. The Hall–Kier alpha value is -1.11. The third-order valence-corrected chi connectivity index (χ3v) is 3.86. The van der Waals surface area contributed by atoms with Crippen LogP contribution in [0.3, 0.4) is 0 Å². The Kier molecular flexibility index (Phi) is 5.78. The molecule has 0 aliphatic rings. The lowest BCUT2D eigenvalue weighted by molar-refractivity contribution is -0.146. The van der Waals surface area contributed by atoms with E-state index in [1.807, 2.05) is 6.92 Å². The molecule has 0 aromatic heterocycles. The van der Waals surface area contributed by atoms with Crippen LogP contribution in [0.1, 0.15) is 12.5 Å². The van der Waals surface area contributed by atoms with Crippen LogP contribution >= 0.6 is 11.6 Å². The van der Waals surface area contributed by atoms with Crippen molar-refractivity contribution in [3.63, 3.8) is 0 Å². The molecule has 0 amide bonds. The van der Waals surface area contributed by atoms with Crippen LogP contribution < -0.4 is 0 Å². The zero-order valence-electron chi connectivity index (χ0n) is 10.6. The Morgan fingerprint density at radius 1 is 1.32 bits per heavy atom. The molecule has 5 nitrogen and oxygen atoms in total. The van der Waals surface area contributed by atoms with E-state index in [-0.39, 0.29) is 17.4 Å². The summed E-state index contributed by atoms with van der Waals surface area (Å²) in [6.45, 7) is 2.76. The van der Waals surface area contributed by atoms with Gasteiger partial charge in [-0.3, -0.25) is 8.98 Å². The Labute approximate surface area is 117 Å². The number of hydrogen-bond donors (Lipinski definition) is 0. The second-order valence-electron chi connectivity index (χ2n) is 3.94. The summed E-state index contributed by atoms with van der Waals surface area (Å²) in [7, 11) is -3.87. The first-order valence-corrected chi connectivity index (χ1v) is 7.48. The molecule has 0 N–H and O–H groups in total. The number of benzene rings is 1. The van der Waals surface area contributed by atoms with Crippen LogP contribution in [-0.2, 0) is 23.8 Å². The molecule has 0 aliphatic carbocycles. The van der Waals surface area contributed by atoms with Crippen LogP contribution in [-0.4, -0.2) is 33.0 Å². The smallest absolute Gasteiger partial charge is 0.303 e. The van der Waals surface area contributed by atoms with Crippen molar-refractivity contribution in [1.29, 1.82) is 0 Å². The van der Waals surface area contributed by atoms with Gasteiger partial charge in [0.2, 0.25) is 0 Å². The van der Waals surface area contributed by atoms with E-state index in [1.165, 1.54) is 19.1 Å². The number of aryl methyl sites for hydroxylation is 1. The van der Waals surface area contributed by atoms with Crippen LogP contribution in [0.4, 0.5) is 0 Å². The van der Waals surface area contributed by atoms with Crippen LogP contribution in [0.15, 0.2) is 29.2 Å². The summed E-state index contributed by atoms with van der Waals surface area (Å²) < 4.78 is 33.3. The lowest BCUT2D eigenvalue weighted by atomic mass is 10.2. The summed E-state index contributed by atoms with van der Waals surface area (Å²) in [5.41, 5.74) is 0.942. The maximum absolute atomic E-state index is 11.8. The standard InChI is InChI=1S/C12H15ClO5S/c1-9-3-5-12(6-4-9)19(15,16)17-8-11(7-13)18-10(2)14/h3-6,11H,7-8H2,1-2H3/t11-/m1/s1. The number of alkyl halides is 1. The normalized spacial score (nSPS) is 13.0. The number of esters is 1. The van der Waals surface area contributed by atoms with Gasteiger partial charge in [-0.2, -0.15) is 8.42 Å². The lowest BCUT2D eigenvalue weighted by Crippen LogP contribution is -2.25. The number of carbonyl (C=O) groups excluding carboxylic acids is 1. The van der Waals surface area contributed by atoms with E-state index in [0.29, 0.717) is 0 Å². The largest absolute Gasteiger partial charge is 0.459 e. The van der Waals surface area contributed by atoms with Crippen molar-refractivity contribution in [1.82, 2.24) is 0 Å². The molecule has 1 aromatic carbocycles. The first-order valence-electron chi connectivity index (χ1n) is 5.54. The number of hydrogen-bond acceptors (Lipinski definition) is 5. The molecule has 0 aliphatic heterocycles. The second-order valence-corrected chi connectivity index (χ2v) is 5.86. The molecule has 0 saturated carbocycles. The molecule has 0 unspecified atom stereocenters. The molecule has 0 bridgehead atoms. The highest BCUT2D eigenvalue weighted by Crippen LogP contribution is 2.14. The Balaban J connectivity index is 2.69. The fraction of sp³-hybridized carbons (Fsp3) is 0.417. The third-order valence-electron chi connectivity index (χ3n) is 2.22. The first-order chi connectivity index (χ1) is 8.85. The molecular formula is C12H15ClO5S. The molecule has 106 valence electrons. The van der Waals surface area contributed by atoms with E-state index in [1.54, 1.807) is 12.1 Å². The Morgan fingerprint density at radius 2 is 1.89 bits per heavy atom. The summed E-state index contributed by atoms with van der Waals surface area (Å²) in [6, 6.07) is 6.24. The van der Waals surface area contributed by atoms with Crippen molar-refractivity contribution in [2.24, 2.45) is 0 Å². The Morgan fingerprint density at radius 3 is 2.37 bits per heavy atom. The second kappa shape index (κ2) is 6.88. The minimum atomic E-state index is -3.87. The summed E-state index contributed by atoms with van der Waals surface area (Å²) in [5.74, 6) is -0.579. The SMILES string of the molecule is CC(=O)O[C@H](CCl)COS(=O)(=O)c1ccc(C)cc1. The first kappa shape index (κ1) is 15.9.